The van der Waals surface area contributed by atoms with Crippen LogP contribution in [0.5, 0.6) is 0 Å². The molecule has 0 aromatic heterocycles. The zero-order valence-electron chi connectivity index (χ0n) is 13.1. The first-order chi connectivity index (χ1) is 10.7. The van der Waals surface area contributed by atoms with Crippen molar-refractivity contribution >= 4 is 24.0 Å². The highest BCUT2D eigenvalue weighted by Gasteiger charge is 2.27. The number of carbonyl (C=O) groups is 1. The molecule has 2 aromatic carbocycles. The van der Waals surface area contributed by atoms with Gasteiger partial charge in [0.2, 0.25) is 0 Å². The Morgan fingerprint density at radius 3 is 2.22 bits per heavy atom. The minimum absolute atomic E-state index is 0. The third kappa shape index (κ3) is 4.26. The Morgan fingerprint density at radius 2 is 1.61 bits per heavy atom. The molecule has 0 radical (unpaired) electrons. The third-order valence-electron chi connectivity index (χ3n) is 4.49. The van der Waals surface area contributed by atoms with Crippen molar-refractivity contribution in [2.45, 2.75) is 31.7 Å². The van der Waals surface area contributed by atoms with Gasteiger partial charge in [0.1, 0.15) is 0 Å². The maximum atomic E-state index is 12.5. The van der Waals surface area contributed by atoms with Crippen molar-refractivity contribution in [1.82, 2.24) is 5.32 Å². The number of nitrogens with one attached hydrogen (secondary N) is 1. The van der Waals surface area contributed by atoms with Gasteiger partial charge in [-0.05, 0) is 48.6 Å². The van der Waals surface area contributed by atoms with E-state index in [0.717, 1.165) is 0 Å². The highest BCUT2D eigenvalue weighted by atomic mass is 35.5. The van der Waals surface area contributed by atoms with Gasteiger partial charge in [-0.15, -0.1) is 12.4 Å². The van der Waals surface area contributed by atoms with E-state index in [4.69, 9.17) is 5.73 Å². The molecule has 1 fully saturated rings. The number of hydrogen-bond donors (Lipinski definition) is 2. The van der Waals surface area contributed by atoms with Crippen LogP contribution in [0.3, 0.4) is 0 Å². The molecule has 1 aliphatic rings. The summed E-state index contributed by atoms with van der Waals surface area (Å²) in [6.45, 7) is 0. The fourth-order valence-electron chi connectivity index (χ4n) is 3.28. The number of nitrogen functional groups attached to an aromatic ring is 1. The van der Waals surface area contributed by atoms with Gasteiger partial charge in [-0.2, -0.15) is 0 Å². The molecule has 1 aliphatic carbocycles. The van der Waals surface area contributed by atoms with Gasteiger partial charge >= 0.3 is 0 Å². The zero-order chi connectivity index (χ0) is 15.4. The van der Waals surface area contributed by atoms with Crippen LogP contribution in [-0.4, -0.2) is 5.91 Å². The highest BCUT2D eigenvalue weighted by Crippen LogP contribution is 2.35. The predicted molar refractivity (Wildman–Crippen MR) is 96.7 cm³/mol. The van der Waals surface area contributed by atoms with Crippen LogP contribution < -0.4 is 11.1 Å². The number of benzene rings is 2. The summed E-state index contributed by atoms with van der Waals surface area (Å²) < 4.78 is 0. The summed E-state index contributed by atoms with van der Waals surface area (Å²) in [5, 5.41) is 3.23. The maximum absolute atomic E-state index is 12.5. The molecule has 0 heterocycles. The van der Waals surface area contributed by atoms with Crippen LogP contribution >= 0.6 is 12.4 Å². The van der Waals surface area contributed by atoms with Crippen molar-refractivity contribution in [2.24, 2.45) is 5.92 Å². The van der Waals surface area contributed by atoms with E-state index in [2.05, 4.69) is 17.4 Å². The fourth-order valence-corrected chi connectivity index (χ4v) is 3.28. The molecule has 3 rings (SSSR count). The summed E-state index contributed by atoms with van der Waals surface area (Å²) >= 11 is 0. The first-order valence-electron chi connectivity index (χ1n) is 7.95. The van der Waals surface area contributed by atoms with E-state index in [1.54, 1.807) is 24.3 Å². The lowest BCUT2D eigenvalue weighted by molar-refractivity contribution is 0.0922. The van der Waals surface area contributed by atoms with Crippen molar-refractivity contribution in [1.29, 1.82) is 0 Å². The van der Waals surface area contributed by atoms with Crippen molar-refractivity contribution < 1.29 is 4.79 Å². The van der Waals surface area contributed by atoms with Gasteiger partial charge in [0, 0.05) is 11.3 Å². The van der Waals surface area contributed by atoms with Crippen LogP contribution in [0.1, 0.15) is 47.6 Å². The maximum Gasteiger partial charge on any atom is 0.251 e. The van der Waals surface area contributed by atoms with Gasteiger partial charge in [0.25, 0.3) is 5.91 Å². The molecule has 4 heteroatoms. The van der Waals surface area contributed by atoms with Gasteiger partial charge in [-0.1, -0.05) is 43.2 Å². The molecule has 1 saturated carbocycles. The fraction of sp³-hybridized carbons (Fsp3) is 0.316. The molecule has 0 aliphatic heterocycles. The van der Waals surface area contributed by atoms with E-state index in [0.29, 0.717) is 17.2 Å². The molecular weight excluding hydrogens is 308 g/mol. The van der Waals surface area contributed by atoms with E-state index in [9.17, 15) is 4.79 Å². The number of amides is 1. The van der Waals surface area contributed by atoms with Crippen molar-refractivity contribution in [3.63, 3.8) is 0 Å². The Labute approximate surface area is 143 Å². The Kier molecular flexibility index (Phi) is 6.05. The van der Waals surface area contributed by atoms with Crippen LogP contribution in [0.25, 0.3) is 0 Å². The molecule has 3 nitrogen and oxygen atoms in total. The van der Waals surface area contributed by atoms with Gasteiger partial charge in [-0.3, -0.25) is 4.79 Å². The van der Waals surface area contributed by atoms with Crippen molar-refractivity contribution in [3.8, 4) is 0 Å². The number of carbonyl (C=O) groups excluding carboxylic acids is 1. The molecular formula is C19H23ClN2O. The smallest absolute Gasteiger partial charge is 0.251 e. The Hall–Kier alpha value is -2.00. The molecule has 0 spiro atoms. The van der Waals surface area contributed by atoms with E-state index < -0.39 is 0 Å². The monoisotopic (exact) mass is 330 g/mol. The van der Waals surface area contributed by atoms with Crippen LogP contribution in [0.2, 0.25) is 0 Å². The van der Waals surface area contributed by atoms with E-state index >= 15 is 0 Å². The molecule has 3 N–H and O–H groups in total. The Morgan fingerprint density at radius 1 is 1.00 bits per heavy atom. The van der Waals surface area contributed by atoms with Gasteiger partial charge in [0.15, 0.2) is 0 Å². The largest absolute Gasteiger partial charge is 0.399 e. The molecule has 0 bridgehead atoms. The third-order valence-corrected chi connectivity index (χ3v) is 4.49. The van der Waals surface area contributed by atoms with E-state index in [1.807, 2.05) is 18.2 Å². The predicted octanol–water partition coefficient (Wildman–Crippen LogP) is 4.35. The van der Waals surface area contributed by atoms with Gasteiger partial charge in [-0.25, -0.2) is 0 Å². The summed E-state index contributed by atoms with van der Waals surface area (Å²) in [7, 11) is 0. The average molecular weight is 331 g/mol. The first kappa shape index (κ1) is 17.4. The highest BCUT2D eigenvalue weighted by molar-refractivity contribution is 5.94. The van der Waals surface area contributed by atoms with Crippen LogP contribution in [0.4, 0.5) is 5.69 Å². The topological polar surface area (TPSA) is 55.1 Å². The second-order valence-electron chi connectivity index (χ2n) is 6.03. The summed E-state index contributed by atoms with van der Waals surface area (Å²) in [5.41, 5.74) is 8.21. The van der Waals surface area contributed by atoms with E-state index in [-0.39, 0.29) is 24.4 Å². The number of hydrogen-bond acceptors (Lipinski definition) is 2. The second kappa shape index (κ2) is 8.02. The first-order valence-corrected chi connectivity index (χ1v) is 7.95. The summed E-state index contributed by atoms with van der Waals surface area (Å²) in [6, 6.07) is 17.5. The van der Waals surface area contributed by atoms with E-state index in [1.165, 1.54) is 31.2 Å². The number of nitrogens with two attached hydrogens (primary N) is 1. The summed E-state index contributed by atoms with van der Waals surface area (Å²) in [6.07, 6.45) is 4.88. The van der Waals surface area contributed by atoms with Gasteiger partial charge < -0.3 is 11.1 Å². The number of anilines is 1. The average Bonchev–Trinajstić information content (AvgIpc) is 3.08. The Balaban J connectivity index is 0.00000192. The molecule has 23 heavy (non-hydrogen) atoms. The molecule has 1 unspecified atom stereocenters. The van der Waals surface area contributed by atoms with Crippen molar-refractivity contribution in [3.05, 3.63) is 65.7 Å². The molecule has 0 saturated heterocycles. The molecule has 2 aromatic rings. The number of rotatable bonds is 4. The van der Waals surface area contributed by atoms with Crippen LogP contribution in [0, 0.1) is 5.92 Å². The molecule has 122 valence electrons. The Bertz CT molecular complexity index is 622. The lowest BCUT2D eigenvalue weighted by Gasteiger charge is -2.25. The molecule has 1 atom stereocenters. The van der Waals surface area contributed by atoms with Crippen LogP contribution in [-0.2, 0) is 0 Å². The van der Waals surface area contributed by atoms with Gasteiger partial charge in [0.05, 0.1) is 6.04 Å². The quantitative estimate of drug-likeness (QED) is 0.819. The standard InChI is InChI=1S/C19H22N2O.ClH/c20-17-12-10-16(11-13-17)19(22)21-18(15-8-4-5-9-15)14-6-2-1-3-7-14;/h1-3,6-7,10-13,15,18H,4-5,8-9,20H2,(H,21,22);1H. The minimum Gasteiger partial charge on any atom is -0.399 e. The molecule has 1 amide bonds. The lowest BCUT2D eigenvalue weighted by atomic mass is 9.91. The summed E-state index contributed by atoms with van der Waals surface area (Å²) in [5.74, 6) is 0.501. The van der Waals surface area contributed by atoms with Crippen LogP contribution in [0.15, 0.2) is 54.6 Å². The normalized spacial score (nSPS) is 15.7. The summed E-state index contributed by atoms with van der Waals surface area (Å²) in [4.78, 5) is 12.5. The second-order valence-corrected chi connectivity index (χ2v) is 6.03. The zero-order valence-corrected chi connectivity index (χ0v) is 13.9. The number of halogens is 1. The lowest BCUT2D eigenvalue weighted by Crippen LogP contribution is -2.32. The SMILES string of the molecule is Cl.Nc1ccc(C(=O)NC(c2ccccc2)C2CCCC2)cc1. The minimum atomic E-state index is -0.0271. The van der Waals surface area contributed by atoms with Crippen molar-refractivity contribution in [2.75, 3.05) is 5.73 Å².